The zero-order valence-electron chi connectivity index (χ0n) is 14.9. The number of amides is 1. The fourth-order valence-electron chi connectivity index (χ4n) is 2.67. The summed E-state index contributed by atoms with van der Waals surface area (Å²) in [5.74, 6) is -0.468. The molecule has 3 rings (SSSR count). The Hall–Kier alpha value is -2.41. The molecule has 1 amide bonds. The van der Waals surface area contributed by atoms with Gasteiger partial charge in [0.25, 0.3) is 0 Å². The molecule has 0 aliphatic carbocycles. The molecule has 0 aliphatic rings. The maximum absolute atomic E-state index is 12.7. The van der Waals surface area contributed by atoms with Crippen LogP contribution in [0.3, 0.4) is 0 Å². The van der Waals surface area contributed by atoms with Gasteiger partial charge in [0.1, 0.15) is 0 Å². The minimum atomic E-state index is -3.84. The van der Waals surface area contributed by atoms with Gasteiger partial charge in [-0.1, -0.05) is 48.0 Å². The van der Waals surface area contributed by atoms with Gasteiger partial charge in [-0.05, 0) is 54.4 Å². The second-order valence-electron chi connectivity index (χ2n) is 6.25. The molecule has 3 aromatic rings. The van der Waals surface area contributed by atoms with Crippen LogP contribution in [0.2, 0.25) is 5.02 Å². The molecule has 0 aliphatic heterocycles. The van der Waals surface area contributed by atoms with Crippen LogP contribution in [0.1, 0.15) is 12.5 Å². The number of hydrogen-bond acceptors (Lipinski definition) is 3. The van der Waals surface area contributed by atoms with Crippen molar-refractivity contribution in [3.05, 3.63) is 71.2 Å². The van der Waals surface area contributed by atoms with Crippen molar-refractivity contribution in [1.82, 2.24) is 4.72 Å². The van der Waals surface area contributed by atoms with Gasteiger partial charge < -0.3 is 5.32 Å². The van der Waals surface area contributed by atoms with E-state index in [1.165, 1.54) is 13.0 Å². The predicted molar refractivity (Wildman–Crippen MR) is 109 cm³/mol. The third kappa shape index (κ3) is 4.30. The first-order valence-electron chi connectivity index (χ1n) is 8.35. The summed E-state index contributed by atoms with van der Waals surface area (Å²) >= 11 is 6.05. The number of carbonyl (C=O) groups is 1. The van der Waals surface area contributed by atoms with Crippen molar-refractivity contribution in [2.75, 3.05) is 5.32 Å². The quantitative estimate of drug-likeness (QED) is 0.674. The topological polar surface area (TPSA) is 75.3 Å². The Morgan fingerprint density at radius 1 is 1.00 bits per heavy atom. The van der Waals surface area contributed by atoms with Crippen molar-refractivity contribution in [2.24, 2.45) is 0 Å². The van der Waals surface area contributed by atoms with Crippen molar-refractivity contribution < 1.29 is 13.2 Å². The number of benzene rings is 3. The molecule has 0 saturated heterocycles. The summed E-state index contributed by atoms with van der Waals surface area (Å²) in [4.78, 5) is 12.5. The predicted octanol–water partition coefficient (Wildman–Crippen LogP) is 4.11. The van der Waals surface area contributed by atoms with Crippen LogP contribution >= 0.6 is 11.6 Å². The van der Waals surface area contributed by atoms with Crippen LogP contribution in [-0.4, -0.2) is 20.4 Å². The van der Waals surface area contributed by atoms with Gasteiger partial charge in [0.15, 0.2) is 0 Å². The Morgan fingerprint density at radius 2 is 1.70 bits per heavy atom. The molecule has 0 radical (unpaired) electrons. The van der Waals surface area contributed by atoms with E-state index >= 15 is 0 Å². The zero-order valence-corrected chi connectivity index (χ0v) is 16.4. The Bertz CT molecular complexity index is 1110. The highest BCUT2D eigenvalue weighted by Gasteiger charge is 2.22. The van der Waals surface area contributed by atoms with Crippen molar-refractivity contribution in [1.29, 1.82) is 0 Å². The lowest BCUT2D eigenvalue weighted by atomic mass is 10.1. The van der Waals surface area contributed by atoms with Gasteiger partial charge in [-0.15, -0.1) is 0 Å². The summed E-state index contributed by atoms with van der Waals surface area (Å²) in [6.07, 6.45) is 0. The lowest BCUT2D eigenvalue weighted by Crippen LogP contribution is -2.41. The molecule has 140 valence electrons. The molecule has 7 heteroatoms. The van der Waals surface area contributed by atoms with Crippen molar-refractivity contribution in [3.63, 3.8) is 0 Å². The van der Waals surface area contributed by atoms with E-state index in [-0.39, 0.29) is 4.90 Å². The van der Waals surface area contributed by atoms with E-state index in [0.29, 0.717) is 10.7 Å². The van der Waals surface area contributed by atoms with E-state index in [9.17, 15) is 13.2 Å². The van der Waals surface area contributed by atoms with Crippen molar-refractivity contribution in [3.8, 4) is 0 Å². The van der Waals surface area contributed by atoms with E-state index in [1.807, 2.05) is 24.3 Å². The van der Waals surface area contributed by atoms with Gasteiger partial charge in [-0.2, -0.15) is 4.72 Å². The first kappa shape index (κ1) is 19.4. The van der Waals surface area contributed by atoms with Crippen LogP contribution in [0, 0.1) is 6.92 Å². The lowest BCUT2D eigenvalue weighted by Gasteiger charge is -2.16. The van der Waals surface area contributed by atoms with Gasteiger partial charge in [0, 0.05) is 10.7 Å². The molecule has 0 unspecified atom stereocenters. The van der Waals surface area contributed by atoms with Crippen LogP contribution in [0.5, 0.6) is 0 Å². The molecule has 1 atom stereocenters. The van der Waals surface area contributed by atoms with Gasteiger partial charge in [-0.3, -0.25) is 4.79 Å². The largest absolute Gasteiger partial charge is 0.324 e. The highest BCUT2D eigenvalue weighted by atomic mass is 35.5. The maximum Gasteiger partial charge on any atom is 0.242 e. The zero-order chi connectivity index (χ0) is 19.6. The number of rotatable bonds is 5. The average Bonchev–Trinajstić information content (AvgIpc) is 2.64. The van der Waals surface area contributed by atoms with Gasteiger partial charge >= 0.3 is 0 Å². The smallest absolute Gasteiger partial charge is 0.242 e. The molecule has 0 saturated carbocycles. The van der Waals surface area contributed by atoms with Crippen LogP contribution < -0.4 is 10.0 Å². The normalized spacial score (nSPS) is 12.7. The molecule has 0 heterocycles. The summed E-state index contributed by atoms with van der Waals surface area (Å²) in [7, 11) is -3.84. The highest BCUT2D eigenvalue weighted by molar-refractivity contribution is 7.89. The number of sulfonamides is 1. The van der Waals surface area contributed by atoms with E-state index in [4.69, 9.17) is 11.6 Å². The molecule has 5 nitrogen and oxygen atoms in total. The Labute approximate surface area is 163 Å². The highest BCUT2D eigenvalue weighted by Crippen LogP contribution is 2.23. The standard InChI is InChI=1S/C20H19ClN2O3S/c1-13-18(21)8-5-9-19(13)22-20(24)14(2)23-27(25,26)17-11-10-15-6-3-4-7-16(15)12-17/h3-12,14,23H,1-2H3,(H,22,24)/t14-/m1/s1. The first-order valence-corrected chi connectivity index (χ1v) is 10.2. The monoisotopic (exact) mass is 402 g/mol. The first-order chi connectivity index (χ1) is 12.8. The Balaban J connectivity index is 1.77. The number of nitrogens with one attached hydrogen (secondary N) is 2. The van der Waals surface area contributed by atoms with Gasteiger partial charge in [0.05, 0.1) is 10.9 Å². The minimum absolute atomic E-state index is 0.111. The third-order valence-electron chi connectivity index (χ3n) is 4.28. The Kier molecular flexibility index (Phi) is 5.51. The van der Waals surface area contributed by atoms with Gasteiger partial charge in [-0.25, -0.2) is 8.42 Å². The summed E-state index contributed by atoms with van der Waals surface area (Å²) in [5, 5.41) is 4.98. The molecular formula is C20H19ClN2O3S. The summed E-state index contributed by atoms with van der Waals surface area (Å²) in [6, 6.07) is 16.5. The lowest BCUT2D eigenvalue weighted by molar-refractivity contribution is -0.117. The molecule has 27 heavy (non-hydrogen) atoms. The average molecular weight is 403 g/mol. The van der Waals surface area contributed by atoms with E-state index in [1.54, 1.807) is 37.3 Å². The number of hydrogen-bond donors (Lipinski definition) is 2. The molecule has 0 fully saturated rings. The van der Waals surface area contributed by atoms with Crippen molar-refractivity contribution >= 4 is 44.0 Å². The Morgan fingerprint density at radius 3 is 2.44 bits per heavy atom. The fourth-order valence-corrected chi connectivity index (χ4v) is 4.09. The molecule has 3 aromatic carbocycles. The van der Waals surface area contributed by atoms with E-state index in [0.717, 1.165) is 16.3 Å². The molecular weight excluding hydrogens is 384 g/mol. The number of anilines is 1. The number of fused-ring (bicyclic) bond motifs is 1. The molecule has 0 aromatic heterocycles. The van der Waals surface area contributed by atoms with Crippen LogP contribution in [0.4, 0.5) is 5.69 Å². The molecule has 0 bridgehead atoms. The number of halogens is 1. The summed E-state index contributed by atoms with van der Waals surface area (Å²) in [5.41, 5.74) is 1.27. The van der Waals surface area contributed by atoms with Crippen molar-refractivity contribution in [2.45, 2.75) is 24.8 Å². The fraction of sp³-hybridized carbons (Fsp3) is 0.150. The van der Waals surface area contributed by atoms with Crippen LogP contribution in [0.15, 0.2) is 65.6 Å². The maximum atomic E-state index is 12.7. The second-order valence-corrected chi connectivity index (χ2v) is 8.37. The molecule has 2 N–H and O–H groups in total. The van der Waals surface area contributed by atoms with E-state index < -0.39 is 22.0 Å². The number of carbonyl (C=O) groups excluding carboxylic acids is 1. The summed E-state index contributed by atoms with van der Waals surface area (Å²) < 4.78 is 27.7. The molecule has 0 spiro atoms. The minimum Gasteiger partial charge on any atom is -0.324 e. The second kappa shape index (κ2) is 7.68. The van der Waals surface area contributed by atoms with Crippen LogP contribution in [-0.2, 0) is 14.8 Å². The summed E-state index contributed by atoms with van der Waals surface area (Å²) in [6.45, 7) is 3.27. The third-order valence-corrected chi connectivity index (χ3v) is 6.23. The van der Waals surface area contributed by atoms with Gasteiger partial charge in [0.2, 0.25) is 15.9 Å². The van der Waals surface area contributed by atoms with E-state index in [2.05, 4.69) is 10.0 Å². The SMILES string of the molecule is Cc1c(Cl)cccc1NC(=O)[C@@H](C)NS(=O)(=O)c1ccc2ccccc2c1. The van der Waals surface area contributed by atoms with Crippen LogP contribution in [0.25, 0.3) is 10.8 Å².